The van der Waals surface area contributed by atoms with E-state index < -0.39 is 0 Å². The first kappa shape index (κ1) is 7.56. The van der Waals surface area contributed by atoms with Crippen LogP contribution < -0.4 is 0 Å². The molecule has 1 saturated carbocycles. The Kier molecular flexibility index (Phi) is 1.69. The third-order valence-electron chi connectivity index (χ3n) is 3.09. The summed E-state index contributed by atoms with van der Waals surface area (Å²) in [6.07, 6.45) is 1.41. The number of piperazine rings is 1. The van der Waals surface area contributed by atoms with Crippen molar-refractivity contribution >= 4 is 0 Å². The van der Waals surface area contributed by atoms with Crippen molar-refractivity contribution in [3.63, 3.8) is 0 Å². The van der Waals surface area contributed by atoms with Gasteiger partial charge in [-0.2, -0.15) is 0 Å². The maximum atomic E-state index is 2.64. The summed E-state index contributed by atoms with van der Waals surface area (Å²) in [5, 5.41) is 0. The summed E-state index contributed by atoms with van der Waals surface area (Å²) >= 11 is 0. The Morgan fingerprint density at radius 2 is 1.91 bits per heavy atom. The monoisotopic (exact) mass is 154 g/mol. The summed E-state index contributed by atoms with van der Waals surface area (Å²) in [4.78, 5) is 5.15. The lowest BCUT2D eigenvalue weighted by Gasteiger charge is -2.34. The molecule has 64 valence electrons. The minimum atomic E-state index is 0.749. The Labute approximate surface area is 69.2 Å². The Morgan fingerprint density at radius 3 is 2.55 bits per heavy atom. The minimum absolute atomic E-state index is 0.749. The Morgan fingerprint density at radius 1 is 1.18 bits per heavy atom. The van der Waals surface area contributed by atoms with E-state index in [0.29, 0.717) is 0 Å². The van der Waals surface area contributed by atoms with Crippen LogP contribution in [0.15, 0.2) is 0 Å². The molecule has 0 N–H and O–H groups in total. The van der Waals surface area contributed by atoms with E-state index in [1.54, 1.807) is 0 Å². The number of nitrogens with zero attached hydrogens (tertiary/aromatic N) is 2. The maximum absolute atomic E-state index is 2.64. The van der Waals surface area contributed by atoms with Crippen LogP contribution in [-0.2, 0) is 0 Å². The second-order valence-electron chi connectivity index (χ2n) is 4.18. The summed E-state index contributed by atoms with van der Waals surface area (Å²) in [7, 11) is 2.25. The van der Waals surface area contributed by atoms with Gasteiger partial charge < -0.3 is 4.90 Å². The topological polar surface area (TPSA) is 6.48 Å². The van der Waals surface area contributed by atoms with Gasteiger partial charge in [0.2, 0.25) is 0 Å². The second kappa shape index (κ2) is 2.46. The zero-order valence-corrected chi connectivity index (χ0v) is 7.75. The first-order chi connectivity index (χ1) is 5.20. The molecule has 1 aliphatic carbocycles. The van der Waals surface area contributed by atoms with Gasteiger partial charge in [0, 0.05) is 31.2 Å². The molecule has 2 aliphatic rings. The molecule has 0 aromatic carbocycles. The van der Waals surface area contributed by atoms with E-state index in [2.05, 4.69) is 30.7 Å². The van der Waals surface area contributed by atoms with Crippen molar-refractivity contribution in [2.45, 2.75) is 38.4 Å². The molecule has 0 bridgehead atoms. The van der Waals surface area contributed by atoms with Crippen LogP contribution in [-0.4, -0.2) is 48.1 Å². The van der Waals surface area contributed by atoms with Gasteiger partial charge in [0.1, 0.15) is 0 Å². The lowest BCUT2D eigenvalue weighted by atomic mass is 10.2. The van der Waals surface area contributed by atoms with E-state index in [1.165, 1.54) is 19.5 Å². The molecule has 11 heavy (non-hydrogen) atoms. The molecule has 2 atom stereocenters. The first-order valence-electron chi connectivity index (χ1n) is 4.66. The number of hydrogen-bond acceptors (Lipinski definition) is 2. The van der Waals surface area contributed by atoms with Gasteiger partial charge in [-0.05, 0) is 27.3 Å². The van der Waals surface area contributed by atoms with Gasteiger partial charge in [0.25, 0.3) is 0 Å². The van der Waals surface area contributed by atoms with Gasteiger partial charge in [0.05, 0.1) is 0 Å². The van der Waals surface area contributed by atoms with Gasteiger partial charge in [-0.3, -0.25) is 4.90 Å². The first-order valence-corrected chi connectivity index (χ1v) is 4.66. The summed E-state index contributed by atoms with van der Waals surface area (Å²) in [6, 6.07) is 2.54. The van der Waals surface area contributed by atoms with E-state index in [0.717, 1.165) is 18.1 Å². The normalized spacial score (nSPS) is 39.3. The fourth-order valence-electron chi connectivity index (χ4n) is 2.24. The Bertz CT molecular complexity index is 156. The quantitative estimate of drug-likeness (QED) is 0.551. The zero-order valence-electron chi connectivity index (χ0n) is 7.75. The van der Waals surface area contributed by atoms with Crippen molar-refractivity contribution in [3.8, 4) is 0 Å². The van der Waals surface area contributed by atoms with Gasteiger partial charge in [-0.15, -0.1) is 0 Å². The molecule has 1 aliphatic heterocycles. The molecule has 2 heteroatoms. The molecule has 1 saturated heterocycles. The van der Waals surface area contributed by atoms with Crippen LogP contribution in [0.5, 0.6) is 0 Å². The number of fused-ring (bicyclic) bond motifs is 1. The standard InChI is InChI=1S/C9H18N2/c1-7(2)11-5-4-10(3)8-6-9(8)11/h7-9H,4-6H2,1-3H3/t8?,9-/m0/s1. The van der Waals surface area contributed by atoms with Crippen LogP contribution >= 0.6 is 0 Å². The van der Waals surface area contributed by atoms with Gasteiger partial charge in [-0.1, -0.05) is 0 Å². The predicted molar refractivity (Wildman–Crippen MR) is 46.7 cm³/mol. The van der Waals surface area contributed by atoms with Crippen LogP contribution in [0.1, 0.15) is 20.3 Å². The molecule has 2 nitrogen and oxygen atoms in total. The third kappa shape index (κ3) is 1.18. The Balaban J connectivity index is 1.97. The lowest BCUT2D eigenvalue weighted by molar-refractivity contribution is 0.121. The van der Waals surface area contributed by atoms with Crippen molar-refractivity contribution in [1.29, 1.82) is 0 Å². The van der Waals surface area contributed by atoms with Crippen LogP contribution in [0.2, 0.25) is 0 Å². The summed E-state index contributed by atoms with van der Waals surface area (Å²) in [5.41, 5.74) is 0. The molecule has 0 spiro atoms. The highest BCUT2D eigenvalue weighted by Gasteiger charge is 2.47. The molecule has 0 aromatic heterocycles. The average molecular weight is 154 g/mol. The third-order valence-corrected chi connectivity index (χ3v) is 3.09. The molecule has 1 unspecified atom stereocenters. The van der Waals surface area contributed by atoms with E-state index in [1.807, 2.05) is 0 Å². The smallest absolute Gasteiger partial charge is 0.0270 e. The highest BCUT2D eigenvalue weighted by molar-refractivity contribution is 5.05. The molecule has 2 rings (SSSR count). The van der Waals surface area contributed by atoms with E-state index in [-0.39, 0.29) is 0 Å². The summed E-state index contributed by atoms with van der Waals surface area (Å²) in [5.74, 6) is 0. The lowest BCUT2D eigenvalue weighted by Crippen LogP contribution is -2.47. The number of rotatable bonds is 1. The number of likely N-dealkylation sites (N-methyl/N-ethyl adjacent to an activating group) is 1. The van der Waals surface area contributed by atoms with Crippen LogP contribution in [0.4, 0.5) is 0 Å². The molecule has 0 amide bonds. The van der Waals surface area contributed by atoms with Crippen molar-refractivity contribution in [1.82, 2.24) is 9.80 Å². The van der Waals surface area contributed by atoms with E-state index in [9.17, 15) is 0 Å². The van der Waals surface area contributed by atoms with Crippen molar-refractivity contribution in [3.05, 3.63) is 0 Å². The molecular weight excluding hydrogens is 136 g/mol. The Hall–Kier alpha value is -0.0800. The van der Waals surface area contributed by atoms with Crippen LogP contribution in [0.25, 0.3) is 0 Å². The van der Waals surface area contributed by atoms with Crippen LogP contribution in [0, 0.1) is 0 Å². The molecular formula is C9H18N2. The van der Waals surface area contributed by atoms with E-state index in [4.69, 9.17) is 0 Å². The van der Waals surface area contributed by atoms with Crippen LogP contribution in [0.3, 0.4) is 0 Å². The molecule has 1 heterocycles. The summed E-state index contributed by atoms with van der Waals surface area (Å²) < 4.78 is 0. The highest BCUT2D eigenvalue weighted by atomic mass is 15.4. The SMILES string of the molecule is CC(C)N1CCN(C)C2C[C@@H]21. The fourth-order valence-corrected chi connectivity index (χ4v) is 2.24. The largest absolute Gasteiger partial charge is 0.301 e. The second-order valence-corrected chi connectivity index (χ2v) is 4.18. The van der Waals surface area contributed by atoms with Gasteiger partial charge in [0.15, 0.2) is 0 Å². The fraction of sp³-hybridized carbons (Fsp3) is 1.00. The molecule has 0 aromatic rings. The van der Waals surface area contributed by atoms with Crippen molar-refractivity contribution < 1.29 is 0 Å². The highest BCUT2D eigenvalue weighted by Crippen LogP contribution is 2.36. The number of hydrogen-bond donors (Lipinski definition) is 0. The maximum Gasteiger partial charge on any atom is 0.0270 e. The minimum Gasteiger partial charge on any atom is -0.301 e. The van der Waals surface area contributed by atoms with Crippen molar-refractivity contribution in [2.75, 3.05) is 20.1 Å². The zero-order chi connectivity index (χ0) is 8.01. The summed E-state index contributed by atoms with van der Waals surface area (Å²) in [6.45, 7) is 7.15. The molecule has 0 radical (unpaired) electrons. The van der Waals surface area contributed by atoms with Gasteiger partial charge in [-0.25, -0.2) is 0 Å². The molecule has 2 fully saturated rings. The van der Waals surface area contributed by atoms with Gasteiger partial charge >= 0.3 is 0 Å². The van der Waals surface area contributed by atoms with E-state index >= 15 is 0 Å². The van der Waals surface area contributed by atoms with Crippen molar-refractivity contribution in [2.24, 2.45) is 0 Å². The average Bonchev–Trinajstić information content (AvgIpc) is 2.66. The predicted octanol–water partition coefficient (Wildman–Crippen LogP) is 0.783.